The quantitative estimate of drug-likeness (QED) is 0.133. The molecule has 0 aromatic heterocycles. The van der Waals surface area contributed by atoms with Gasteiger partial charge in [0.15, 0.2) is 6.29 Å². The Balaban J connectivity index is 1.31. The van der Waals surface area contributed by atoms with Crippen LogP contribution in [0.1, 0.15) is 42.7 Å². The second-order valence-corrected chi connectivity index (χ2v) is 10.8. The number of alkyl halides is 2. The molecule has 4 aromatic rings. The zero-order valence-corrected chi connectivity index (χ0v) is 24.6. The van der Waals surface area contributed by atoms with Crippen molar-refractivity contribution in [2.24, 2.45) is 5.92 Å². The lowest BCUT2D eigenvalue weighted by molar-refractivity contribution is -0.206. The lowest BCUT2D eigenvalue weighted by Crippen LogP contribution is -2.28. The second kappa shape index (κ2) is 13.9. The van der Waals surface area contributed by atoms with E-state index in [-0.39, 0.29) is 46.9 Å². The number of nitriles is 1. The zero-order chi connectivity index (χ0) is 33.9. The molecule has 12 heteroatoms. The predicted molar refractivity (Wildman–Crippen MR) is 155 cm³/mol. The first kappa shape index (κ1) is 33.6. The Morgan fingerprint density at radius 3 is 1.94 bits per heavy atom. The highest BCUT2D eigenvalue weighted by molar-refractivity contribution is 5.72. The van der Waals surface area contributed by atoms with Gasteiger partial charge in [-0.3, -0.25) is 0 Å². The molecule has 0 atom stereocenters. The van der Waals surface area contributed by atoms with Crippen LogP contribution in [0.25, 0.3) is 22.3 Å². The molecule has 47 heavy (non-hydrogen) atoms. The smallest absolute Gasteiger partial charge is 0.429 e. The number of hydrogen-bond donors (Lipinski definition) is 0. The molecule has 1 saturated heterocycles. The number of rotatable bonds is 9. The van der Waals surface area contributed by atoms with E-state index >= 15 is 13.2 Å². The van der Waals surface area contributed by atoms with Crippen LogP contribution < -0.4 is 4.74 Å². The number of allylic oxidation sites excluding steroid dienone is 2. The highest BCUT2D eigenvalue weighted by atomic mass is 19.3. The Morgan fingerprint density at radius 1 is 0.787 bits per heavy atom. The standard InChI is InChI=1S/C35H25F8NO3/c1-2-3-4-5-19-17-45-34(46-18-19)22-13-31(40)33(32(41)14-22)35(42,43)47-23-7-9-24(30(39)15-23)20-6-8-25(27(36)10-20)21-11-28(37)26(16-44)29(38)12-21/h2-3,6-15,19,34H,4-5,17-18H2,1H3/b3-2+. The summed E-state index contributed by atoms with van der Waals surface area (Å²) in [5.41, 5.74) is -3.49. The van der Waals surface area contributed by atoms with Crippen molar-refractivity contribution in [2.75, 3.05) is 13.2 Å². The second-order valence-electron chi connectivity index (χ2n) is 10.8. The Labute approximate surface area is 264 Å². The van der Waals surface area contributed by atoms with Gasteiger partial charge in [-0.05, 0) is 73.4 Å². The summed E-state index contributed by atoms with van der Waals surface area (Å²) in [5, 5.41) is 8.82. The number of ether oxygens (including phenoxy) is 3. The number of benzene rings is 4. The monoisotopic (exact) mass is 659 g/mol. The van der Waals surface area contributed by atoms with E-state index in [0.29, 0.717) is 18.2 Å². The lowest BCUT2D eigenvalue weighted by atomic mass is 9.98. The highest BCUT2D eigenvalue weighted by Crippen LogP contribution is 2.39. The maximum absolute atomic E-state index is 15.0. The van der Waals surface area contributed by atoms with Crippen LogP contribution in [0, 0.1) is 52.2 Å². The molecule has 1 aliphatic heterocycles. The van der Waals surface area contributed by atoms with Gasteiger partial charge in [0.2, 0.25) is 0 Å². The number of nitrogens with zero attached hydrogens (tertiary/aromatic N) is 1. The summed E-state index contributed by atoms with van der Waals surface area (Å²) in [6.45, 7) is 2.40. The van der Waals surface area contributed by atoms with Crippen LogP contribution >= 0.6 is 0 Å². The van der Waals surface area contributed by atoms with Crippen molar-refractivity contribution in [1.29, 1.82) is 5.26 Å². The molecule has 0 radical (unpaired) electrons. The fraction of sp³-hybridized carbons (Fsp3) is 0.229. The van der Waals surface area contributed by atoms with Crippen molar-refractivity contribution in [3.8, 4) is 34.1 Å². The molecule has 0 spiro atoms. The molecule has 1 heterocycles. The minimum atomic E-state index is -4.58. The topological polar surface area (TPSA) is 51.5 Å². The van der Waals surface area contributed by atoms with Gasteiger partial charge in [-0.1, -0.05) is 24.3 Å². The minimum Gasteiger partial charge on any atom is -0.429 e. The third-order valence-electron chi connectivity index (χ3n) is 7.50. The summed E-state index contributed by atoms with van der Waals surface area (Å²) < 4.78 is 134. The van der Waals surface area contributed by atoms with Gasteiger partial charge in [0.25, 0.3) is 0 Å². The third kappa shape index (κ3) is 7.32. The van der Waals surface area contributed by atoms with Crippen LogP contribution in [0.3, 0.4) is 0 Å². The normalized spacial score (nSPS) is 16.8. The van der Waals surface area contributed by atoms with Crippen molar-refractivity contribution in [1.82, 2.24) is 0 Å². The predicted octanol–water partition coefficient (Wildman–Crippen LogP) is 9.87. The summed E-state index contributed by atoms with van der Waals surface area (Å²) in [5.74, 6) is -8.54. The fourth-order valence-corrected chi connectivity index (χ4v) is 5.15. The van der Waals surface area contributed by atoms with E-state index in [2.05, 4.69) is 4.74 Å². The molecule has 244 valence electrons. The van der Waals surface area contributed by atoms with Gasteiger partial charge in [-0.15, -0.1) is 0 Å². The molecule has 0 N–H and O–H groups in total. The molecule has 0 saturated carbocycles. The molecule has 0 amide bonds. The van der Waals surface area contributed by atoms with Gasteiger partial charge in [0.1, 0.15) is 57.8 Å². The van der Waals surface area contributed by atoms with Gasteiger partial charge in [0.05, 0.1) is 13.2 Å². The van der Waals surface area contributed by atoms with Crippen LogP contribution in [-0.2, 0) is 15.6 Å². The van der Waals surface area contributed by atoms with E-state index in [9.17, 15) is 22.0 Å². The van der Waals surface area contributed by atoms with E-state index in [1.807, 2.05) is 19.1 Å². The average Bonchev–Trinajstić information content (AvgIpc) is 3.00. The van der Waals surface area contributed by atoms with Crippen LogP contribution in [0.15, 0.2) is 72.8 Å². The van der Waals surface area contributed by atoms with E-state index in [1.165, 1.54) is 12.1 Å². The third-order valence-corrected chi connectivity index (χ3v) is 7.50. The van der Waals surface area contributed by atoms with Gasteiger partial charge in [0, 0.05) is 28.7 Å². The SMILES string of the molecule is C/C=C/CCC1COC(c2cc(F)c(C(F)(F)Oc3ccc(-c4ccc(-c5cc(F)c(C#N)c(F)c5)c(F)c4)c(F)c3)c(F)c2)OC1. The van der Waals surface area contributed by atoms with E-state index in [4.69, 9.17) is 14.7 Å². The Bertz CT molecular complexity index is 1820. The highest BCUT2D eigenvalue weighted by Gasteiger charge is 2.42. The van der Waals surface area contributed by atoms with E-state index < -0.39 is 64.2 Å². The van der Waals surface area contributed by atoms with Crippen molar-refractivity contribution in [2.45, 2.75) is 32.2 Å². The molecular weight excluding hydrogens is 634 g/mol. The van der Waals surface area contributed by atoms with Crippen LogP contribution in [0.2, 0.25) is 0 Å². The van der Waals surface area contributed by atoms with Gasteiger partial charge >= 0.3 is 6.11 Å². The number of halogens is 8. The van der Waals surface area contributed by atoms with Crippen molar-refractivity contribution in [3.05, 3.63) is 124 Å². The maximum Gasteiger partial charge on any atom is 0.432 e. The summed E-state index contributed by atoms with van der Waals surface area (Å²) in [6.07, 6.45) is -0.268. The molecule has 4 aromatic carbocycles. The Hall–Kier alpha value is -4.73. The summed E-state index contributed by atoms with van der Waals surface area (Å²) >= 11 is 0. The molecule has 0 unspecified atom stereocenters. The first-order valence-corrected chi connectivity index (χ1v) is 14.3. The molecule has 4 nitrogen and oxygen atoms in total. The molecule has 0 aliphatic carbocycles. The van der Waals surface area contributed by atoms with E-state index in [1.54, 1.807) is 0 Å². The largest absolute Gasteiger partial charge is 0.432 e. The fourth-order valence-electron chi connectivity index (χ4n) is 5.15. The summed E-state index contributed by atoms with van der Waals surface area (Å²) in [4.78, 5) is 0. The molecule has 0 bridgehead atoms. The van der Waals surface area contributed by atoms with Gasteiger partial charge in [-0.2, -0.15) is 14.0 Å². The average molecular weight is 660 g/mol. The first-order valence-electron chi connectivity index (χ1n) is 14.3. The molecule has 5 rings (SSSR count). The van der Waals surface area contributed by atoms with Gasteiger partial charge < -0.3 is 14.2 Å². The van der Waals surface area contributed by atoms with Crippen LogP contribution in [0.5, 0.6) is 5.75 Å². The minimum absolute atomic E-state index is 0.0603. The Morgan fingerprint density at radius 2 is 1.36 bits per heavy atom. The maximum atomic E-state index is 15.0. The molecule has 1 aliphatic rings. The van der Waals surface area contributed by atoms with Crippen molar-refractivity contribution >= 4 is 0 Å². The van der Waals surface area contributed by atoms with E-state index in [0.717, 1.165) is 49.2 Å². The lowest BCUT2D eigenvalue weighted by Gasteiger charge is -2.30. The number of hydrogen-bond acceptors (Lipinski definition) is 4. The van der Waals surface area contributed by atoms with Crippen LogP contribution in [0.4, 0.5) is 35.1 Å². The summed E-state index contributed by atoms with van der Waals surface area (Å²) in [6, 6.07) is 9.80. The zero-order valence-electron chi connectivity index (χ0n) is 24.6. The van der Waals surface area contributed by atoms with Crippen molar-refractivity contribution < 1.29 is 49.3 Å². The van der Waals surface area contributed by atoms with Crippen molar-refractivity contribution in [3.63, 3.8) is 0 Å². The van der Waals surface area contributed by atoms with Crippen LogP contribution in [-0.4, -0.2) is 13.2 Å². The summed E-state index contributed by atoms with van der Waals surface area (Å²) in [7, 11) is 0. The van der Waals surface area contributed by atoms with Gasteiger partial charge in [-0.25, -0.2) is 26.3 Å². The first-order chi connectivity index (χ1) is 22.4. The molecular formula is C35H25F8NO3. The molecule has 1 fully saturated rings. The Kier molecular flexibility index (Phi) is 9.98.